The molecule has 5 aliphatic carbocycles. The molecular formula is C49H75N3O7. The van der Waals surface area contributed by atoms with Crippen molar-refractivity contribution in [3.05, 3.63) is 41.2 Å². The maximum Gasteiger partial charge on any atom is 0.309 e. The van der Waals surface area contributed by atoms with Crippen molar-refractivity contribution in [2.24, 2.45) is 56.2 Å². The highest BCUT2D eigenvalue weighted by molar-refractivity contribution is 6.00. The minimum Gasteiger partial charge on any atom is -0.481 e. The molecule has 0 radical (unpaired) electrons. The van der Waals surface area contributed by atoms with Crippen LogP contribution in [0.1, 0.15) is 132 Å². The molecule has 5 fully saturated rings. The van der Waals surface area contributed by atoms with Crippen LogP contribution in [0, 0.1) is 56.2 Å². The van der Waals surface area contributed by atoms with Crippen molar-refractivity contribution in [2.75, 3.05) is 45.9 Å². The highest BCUT2D eigenvalue weighted by Gasteiger charge is 2.71. The number of carbonyl (C=O) groups is 3. The number of carboxylic acid groups (broad SMARTS) is 1. The molecule has 9 atom stereocenters. The number of hydrogen-bond acceptors (Lipinski definition) is 9. The number of rotatable bonds is 13. The number of carboxylic acids is 1. The second kappa shape index (κ2) is 16.2. The van der Waals surface area contributed by atoms with E-state index >= 15 is 0 Å². The van der Waals surface area contributed by atoms with Crippen LogP contribution < -0.4 is 0 Å². The standard InChI is InChI=1S/C49H75N3O7/c1-32(2)41-35(53)28-49(38(54)31-52(30-33-12-10-11-21-50-33)23-22-51-24-26-58-27-25-51)20-19-47(8)34(42(41)49)13-14-37-46(7)17-16-39(59-40(55)29-44(3,4)43(56)57)45(5,6)36(46)15-18-48(37,47)9/h10-12,21,32,34,36-39,54H,13-20,22-31H2,1-9H3,(H,56,57)/t34-,36+,37-,38?,39+,46+,47-,48-,49?/m1/s1. The van der Waals surface area contributed by atoms with Gasteiger partial charge in [0.1, 0.15) is 6.10 Å². The molecule has 2 heterocycles. The predicted molar refractivity (Wildman–Crippen MR) is 228 cm³/mol. The summed E-state index contributed by atoms with van der Waals surface area (Å²) in [4.78, 5) is 48.9. The summed E-state index contributed by atoms with van der Waals surface area (Å²) in [5.41, 5.74) is 1.35. The molecule has 0 bridgehead atoms. The molecule has 0 amide bonds. The van der Waals surface area contributed by atoms with Gasteiger partial charge in [-0.15, -0.1) is 0 Å². The molecule has 328 valence electrons. The number of morpholine rings is 1. The van der Waals surface area contributed by atoms with Gasteiger partial charge in [0.05, 0.1) is 36.8 Å². The molecule has 4 saturated carbocycles. The fraction of sp³-hybridized carbons (Fsp3) is 0.796. The van der Waals surface area contributed by atoms with Gasteiger partial charge in [-0.3, -0.25) is 29.2 Å². The largest absolute Gasteiger partial charge is 0.481 e. The number of carbonyl (C=O) groups excluding carboxylic acids is 2. The lowest BCUT2D eigenvalue weighted by molar-refractivity contribution is -0.235. The number of pyridine rings is 1. The van der Waals surface area contributed by atoms with E-state index in [1.165, 1.54) is 5.57 Å². The second-order valence-corrected chi connectivity index (χ2v) is 22.1. The number of aliphatic carboxylic acids is 1. The van der Waals surface area contributed by atoms with E-state index in [0.29, 0.717) is 31.3 Å². The van der Waals surface area contributed by atoms with Gasteiger partial charge in [0.2, 0.25) is 0 Å². The third kappa shape index (κ3) is 7.66. The fourth-order valence-corrected chi connectivity index (χ4v) is 14.4. The van der Waals surface area contributed by atoms with Crippen molar-refractivity contribution >= 4 is 17.7 Å². The highest BCUT2D eigenvalue weighted by atomic mass is 16.5. The number of fused-ring (bicyclic) bond motifs is 7. The van der Waals surface area contributed by atoms with E-state index in [2.05, 4.69) is 69.3 Å². The zero-order valence-corrected chi connectivity index (χ0v) is 37.8. The minimum atomic E-state index is -1.17. The van der Waals surface area contributed by atoms with Gasteiger partial charge in [0.15, 0.2) is 5.78 Å². The number of Topliss-reactive ketones (excluding diaryl/α,β-unsaturated/α-hetero) is 1. The Morgan fingerprint density at radius 3 is 2.37 bits per heavy atom. The Hall–Kier alpha value is -2.66. The van der Waals surface area contributed by atoms with Gasteiger partial charge in [-0.1, -0.05) is 60.1 Å². The number of nitrogens with zero attached hydrogens (tertiary/aromatic N) is 3. The van der Waals surface area contributed by atoms with E-state index in [0.717, 1.165) is 102 Å². The van der Waals surface area contributed by atoms with Crippen molar-refractivity contribution in [1.82, 2.24) is 14.8 Å². The van der Waals surface area contributed by atoms with E-state index in [1.54, 1.807) is 13.8 Å². The van der Waals surface area contributed by atoms with Crippen LogP contribution in [0.2, 0.25) is 0 Å². The van der Waals surface area contributed by atoms with Gasteiger partial charge >= 0.3 is 11.9 Å². The van der Waals surface area contributed by atoms with Crippen molar-refractivity contribution < 1.29 is 34.1 Å². The van der Waals surface area contributed by atoms with E-state index < -0.39 is 28.9 Å². The monoisotopic (exact) mass is 818 g/mol. The number of aromatic nitrogens is 1. The van der Waals surface area contributed by atoms with Crippen LogP contribution in [0.25, 0.3) is 0 Å². The Morgan fingerprint density at radius 2 is 1.71 bits per heavy atom. The summed E-state index contributed by atoms with van der Waals surface area (Å²) in [5, 5.41) is 22.5. The molecule has 1 aliphatic heterocycles. The number of ether oxygens (including phenoxy) is 2. The van der Waals surface area contributed by atoms with Crippen LogP contribution >= 0.6 is 0 Å². The molecule has 1 aromatic heterocycles. The van der Waals surface area contributed by atoms with Gasteiger partial charge < -0.3 is 19.7 Å². The number of hydrogen-bond donors (Lipinski definition) is 2. The Balaban J connectivity index is 1.15. The van der Waals surface area contributed by atoms with E-state index in [-0.39, 0.29) is 51.8 Å². The zero-order valence-electron chi connectivity index (χ0n) is 37.8. The molecule has 6 aliphatic rings. The number of allylic oxidation sites excluding steroid dienone is 1. The molecule has 7 rings (SSSR count). The fourth-order valence-electron chi connectivity index (χ4n) is 14.4. The van der Waals surface area contributed by atoms with Crippen molar-refractivity contribution in [2.45, 2.75) is 145 Å². The summed E-state index contributed by atoms with van der Waals surface area (Å²) < 4.78 is 11.8. The van der Waals surface area contributed by atoms with Crippen molar-refractivity contribution in [1.29, 1.82) is 0 Å². The lowest BCUT2D eigenvalue weighted by Crippen LogP contribution is -2.66. The number of aliphatic hydroxyl groups excluding tert-OH is 1. The highest BCUT2D eigenvalue weighted by Crippen LogP contribution is 2.77. The van der Waals surface area contributed by atoms with E-state index in [9.17, 15) is 24.6 Å². The molecule has 0 spiro atoms. The first-order valence-corrected chi connectivity index (χ1v) is 23.0. The average Bonchev–Trinajstić information content (AvgIpc) is 3.49. The molecule has 2 unspecified atom stereocenters. The summed E-state index contributed by atoms with van der Waals surface area (Å²) in [6.07, 6.45) is 8.96. The van der Waals surface area contributed by atoms with Crippen molar-refractivity contribution in [3.8, 4) is 0 Å². The first-order chi connectivity index (χ1) is 27.7. The number of esters is 1. The summed E-state index contributed by atoms with van der Waals surface area (Å²) in [6.45, 7) is 26.0. The molecule has 1 saturated heterocycles. The van der Waals surface area contributed by atoms with Crippen LogP contribution in [0.5, 0.6) is 0 Å². The van der Waals surface area contributed by atoms with Gasteiger partial charge in [0, 0.05) is 62.7 Å². The van der Waals surface area contributed by atoms with Crippen LogP contribution in [-0.4, -0.2) is 101 Å². The molecule has 10 nitrogen and oxygen atoms in total. The zero-order chi connectivity index (χ0) is 42.8. The summed E-state index contributed by atoms with van der Waals surface area (Å²) in [6, 6.07) is 6.04. The van der Waals surface area contributed by atoms with Crippen LogP contribution in [-0.2, 0) is 30.4 Å². The Labute approximate surface area is 354 Å². The average molecular weight is 818 g/mol. The van der Waals surface area contributed by atoms with E-state index in [4.69, 9.17) is 9.47 Å². The molecular weight excluding hydrogens is 743 g/mol. The topological polar surface area (TPSA) is 130 Å². The number of aliphatic hydroxyl groups is 1. The Morgan fingerprint density at radius 1 is 0.983 bits per heavy atom. The quantitative estimate of drug-likeness (QED) is 0.189. The molecule has 2 N–H and O–H groups in total. The van der Waals surface area contributed by atoms with Crippen LogP contribution in [0.4, 0.5) is 0 Å². The first kappa shape index (κ1) is 44.4. The molecule has 10 heteroatoms. The third-order valence-electron chi connectivity index (χ3n) is 17.9. The minimum absolute atomic E-state index is 0.0347. The smallest absolute Gasteiger partial charge is 0.309 e. The van der Waals surface area contributed by atoms with Gasteiger partial charge in [0.25, 0.3) is 0 Å². The Bertz CT molecular complexity index is 1770. The summed E-state index contributed by atoms with van der Waals surface area (Å²) in [7, 11) is 0. The summed E-state index contributed by atoms with van der Waals surface area (Å²) in [5.74, 6) is -0.00279. The van der Waals surface area contributed by atoms with Crippen LogP contribution in [0.3, 0.4) is 0 Å². The molecule has 1 aromatic rings. The van der Waals surface area contributed by atoms with Gasteiger partial charge in [-0.25, -0.2) is 0 Å². The van der Waals surface area contributed by atoms with Crippen molar-refractivity contribution in [3.63, 3.8) is 0 Å². The maximum atomic E-state index is 14.4. The lowest BCUT2D eigenvalue weighted by atomic mass is 9.33. The third-order valence-corrected chi connectivity index (χ3v) is 17.9. The first-order valence-electron chi connectivity index (χ1n) is 23.0. The van der Waals surface area contributed by atoms with Gasteiger partial charge in [-0.2, -0.15) is 0 Å². The SMILES string of the molecule is CC(C)C1=C2[C@H]3CC[C@@H]4[C@@]5(C)CC[C@H](OC(=O)CC(C)(C)C(=O)O)C(C)(C)[C@@H]5CC[C@@]4(C)[C@]3(C)CCC2(C(O)CN(CCN2CCOCC2)Cc2ccccn2)CC1=O. The number of ketones is 1. The maximum absolute atomic E-state index is 14.4. The molecule has 0 aromatic carbocycles. The summed E-state index contributed by atoms with van der Waals surface area (Å²) >= 11 is 0. The lowest BCUT2D eigenvalue weighted by Gasteiger charge is -2.72. The van der Waals surface area contributed by atoms with Gasteiger partial charge in [-0.05, 0) is 123 Å². The predicted octanol–water partition coefficient (Wildman–Crippen LogP) is 7.97. The Kier molecular flexibility index (Phi) is 12.2. The second-order valence-electron chi connectivity index (χ2n) is 22.1. The van der Waals surface area contributed by atoms with E-state index in [1.807, 2.05) is 18.3 Å². The molecule has 59 heavy (non-hydrogen) atoms. The normalized spacial score (nSPS) is 36.4. The van der Waals surface area contributed by atoms with Crippen LogP contribution in [0.15, 0.2) is 35.5 Å².